The summed E-state index contributed by atoms with van der Waals surface area (Å²) in [6.45, 7) is 1.57. The molecule has 0 saturated carbocycles. The summed E-state index contributed by atoms with van der Waals surface area (Å²) in [5, 5.41) is 21.4. The van der Waals surface area contributed by atoms with Gasteiger partial charge in [-0.15, -0.1) is 0 Å². The quantitative estimate of drug-likeness (QED) is 0.542. The van der Waals surface area contributed by atoms with E-state index in [0.717, 1.165) is 11.0 Å². The first-order valence-corrected chi connectivity index (χ1v) is 6.90. The number of nitrogens with one attached hydrogen (secondary N) is 1. The summed E-state index contributed by atoms with van der Waals surface area (Å²) >= 11 is 3.28. The third kappa shape index (κ3) is 2.15. The maximum absolute atomic E-state index is 11.1. The lowest BCUT2D eigenvalue weighted by Crippen LogP contribution is -1.96. The zero-order valence-corrected chi connectivity index (χ0v) is 12.5. The second kappa shape index (κ2) is 4.85. The Balaban J connectivity index is 2.29. The zero-order valence-electron chi connectivity index (χ0n) is 10.9. The predicted octanol–water partition coefficient (Wildman–Crippen LogP) is 3.91. The van der Waals surface area contributed by atoms with Crippen molar-refractivity contribution in [2.75, 3.05) is 0 Å². The fourth-order valence-electron chi connectivity index (χ4n) is 2.21. The van der Waals surface area contributed by atoms with Gasteiger partial charge in [0.2, 0.25) is 5.75 Å². The number of benzene rings is 2. The number of rotatable bonds is 2. The van der Waals surface area contributed by atoms with Crippen molar-refractivity contribution in [1.29, 1.82) is 0 Å². The Hall–Kier alpha value is -2.41. The van der Waals surface area contributed by atoms with Crippen molar-refractivity contribution >= 4 is 32.7 Å². The highest BCUT2D eigenvalue weighted by atomic mass is 79.9. The van der Waals surface area contributed by atoms with E-state index in [1.807, 2.05) is 24.3 Å². The minimum atomic E-state index is -0.596. The van der Waals surface area contributed by atoms with Crippen molar-refractivity contribution in [3.8, 4) is 17.1 Å². The van der Waals surface area contributed by atoms with Crippen LogP contribution >= 0.6 is 15.9 Å². The number of aromatic nitrogens is 2. The Morgan fingerprint density at radius 3 is 2.76 bits per heavy atom. The van der Waals surface area contributed by atoms with Crippen molar-refractivity contribution in [3.05, 3.63) is 50.5 Å². The van der Waals surface area contributed by atoms with E-state index in [9.17, 15) is 15.2 Å². The molecule has 7 heteroatoms. The molecule has 0 unspecified atom stereocenters. The van der Waals surface area contributed by atoms with Gasteiger partial charge in [0.25, 0.3) is 0 Å². The van der Waals surface area contributed by atoms with Crippen molar-refractivity contribution in [3.63, 3.8) is 0 Å². The molecule has 3 aromatic rings. The smallest absolute Gasteiger partial charge is 0.315 e. The topological polar surface area (TPSA) is 92.0 Å². The van der Waals surface area contributed by atoms with Gasteiger partial charge in [0, 0.05) is 10.0 Å². The van der Waals surface area contributed by atoms with Gasteiger partial charge in [-0.1, -0.05) is 28.1 Å². The van der Waals surface area contributed by atoms with Crippen LogP contribution in [0.5, 0.6) is 5.75 Å². The van der Waals surface area contributed by atoms with Crippen molar-refractivity contribution in [2.24, 2.45) is 0 Å². The molecule has 0 bridgehead atoms. The van der Waals surface area contributed by atoms with Crippen LogP contribution in [0.4, 0.5) is 5.69 Å². The Bertz CT molecular complexity index is 840. The molecule has 2 N–H and O–H groups in total. The predicted molar refractivity (Wildman–Crippen MR) is 82.3 cm³/mol. The molecule has 0 radical (unpaired) electrons. The van der Waals surface area contributed by atoms with Crippen LogP contribution in [0.25, 0.3) is 22.4 Å². The molecule has 1 aromatic heterocycles. The molecule has 0 aliphatic carbocycles. The van der Waals surface area contributed by atoms with E-state index >= 15 is 0 Å². The molecule has 1 heterocycles. The molecule has 21 heavy (non-hydrogen) atoms. The van der Waals surface area contributed by atoms with Crippen LogP contribution in [0.2, 0.25) is 0 Å². The number of imidazole rings is 1. The Kier molecular flexibility index (Phi) is 3.13. The molecule has 6 nitrogen and oxygen atoms in total. The summed E-state index contributed by atoms with van der Waals surface area (Å²) < 4.78 is 0.544. The summed E-state index contributed by atoms with van der Waals surface area (Å²) in [5.41, 5.74) is 1.87. The first-order chi connectivity index (χ1) is 9.99. The van der Waals surface area contributed by atoms with E-state index in [4.69, 9.17) is 0 Å². The molecule has 106 valence electrons. The van der Waals surface area contributed by atoms with Crippen LogP contribution in [0, 0.1) is 17.0 Å². The maximum atomic E-state index is 11.1. The number of hydrogen-bond acceptors (Lipinski definition) is 4. The zero-order chi connectivity index (χ0) is 15.1. The van der Waals surface area contributed by atoms with Crippen LogP contribution in [-0.4, -0.2) is 20.0 Å². The number of para-hydroxylation sites is 2. The van der Waals surface area contributed by atoms with E-state index in [0.29, 0.717) is 15.9 Å². The van der Waals surface area contributed by atoms with Crippen molar-refractivity contribution in [1.82, 2.24) is 9.97 Å². The second-order valence-corrected chi connectivity index (χ2v) is 5.44. The molecular formula is C14H10BrN3O3. The van der Waals surface area contributed by atoms with Crippen molar-refractivity contribution < 1.29 is 10.0 Å². The minimum Gasteiger partial charge on any atom is -0.502 e. The molecule has 0 aliphatic heterocycles. The molecule has 0 aliphatic rings. The highest BCUT2D eigenvalue weighted by molar-refractivity contribution is 9.10. The van der Waals surface area contributed by atoms with Gasteiger partial charge in [-0.2, -0.15) is 0 Å². The molecule has 0 atom stereocenters. The lowest BCUT2D eigenvalue weighted by molar-refractivity contribution is -0.386. The molecule has 0 saturated heterocycles. The lowest BCUT2D eigenvalue weighted by atomic mass is 10.1. The van der Waals surface area contributed by atoms with Crippen LogP contribution in [-0.2, 0) is 0 Å². The van der Waals surface area contributed by atoms with Gasteiger partial charge in [-0.25, -0.2) is 4.98 Å². The van der Waals surface area contributed by atoms with E-state index in [2.05, 4.69) is 25.9 Å². The highest BCUT2D eigenvalue weighted by Crippen LogP contribution is 2.42. The Labute approximate surface area is 127 Å². The van der Waals surface area contributed by atoms with Crippen LogP contribution < -0.4 is 0 Å². The largest absolute Gasteiger partial charge is 0.502 e. The fraction of sp³-hybridized carbons (Fsp3) is 0.0714. The number of nitro groups is 1. The van der Waals surface area contributed by atoms with Gasteiger partial charge in [-0.05, 0) is 25.1 Å². The van der Waals surface area contributed by atoms with Crippen LogP contribution in [0.3, 0.4) is 0 Å². The van der Waals surface area contributed by atoms with Gasteiger partial charge in [-0.3, -0.25) is 10.1 Å². The number of nitro benzene ring substituents is 1. The summed E-state index contributed by atoms with van der Waals surface area (Å²) in [7, 11) is 0. The molecule has 0 fully saturated rings. The fourth-order valence-corrected chi connectivity index (χ4v) is 2.62. The van der Waals surface area contributed by atoms with Gasteiger partial charge in [0.05, 0.1) is 21.5 Å². The Morgan fingerprint density at radius 2 is 2.10 bits per heavy atom. The van der Waals surface area contributed by atoms with Gasteiger partial charge < -0.3 is 10.1 Å². The number of aromatic hydroxyl groups is 1. The average molecular weight is 348 g/mol. The number of phenolic OH excluding ortho intramolecular Hbond substituents is 1. The van der Waals surface area contributed by atoms with E-state index < -0.39 is 4.92 Å². The number of phenols is 1. The number of halogens is 1. The molecular weight excluding hydrogens is 338 g/mol. The van der Waals surface area contributed by atoms with Gasteiger partial charge in [0.15, 0.2) is 0 Å². The minimum absolute atomic E-state index is 0.287. The first kappa shape index (κ1) is 13.6. The summed E-state index contributed by atoms with van der Waals surface area (Å²) in [4.78, 5) is 18.0. The SMILES string of the molecule is Cc1c(Br)cc(-c2nc3ccccc3[nH]2)c(O)c1[N+](=O)[O-]. The average Bonchev–Trinajstić information content (AvgIpc) is 2.86. The summed E-state index contributed by atoms with van der Waals surface area (Å²) in [6, 6.07) is 9.00. The monoisotopic (exact) mass is 347 g/mol. The molecule has 0 amide bonds. The lowest BCUT2D eigenvalue weighted by Gasteiger charge is -2.07. The molecule has 3 rings (SSSR count). The van der Waals surface area contributed by atoms with Gasteiger partial charge >= 0.3 is 5.69 Å². The second-order valence-electron chi connectivity index (χ2n) is 4.59. The van der Waals surface area contributed by atoms with Crippen molar-refractivity contribution in [2.45, 2.75) is 6.92 Å². The molecule has 0 spiro atoms. The van der Waals surface area contributed by atoms with Crippen LogP contribution in [0.15, 0.2) is 34.8 Å². The third-order valence-electron chi connectivity index (χ3n) is 3.29. The van der Waals surface area contributed by atoms with Crippen LogP contribution in [0.1, 0.15) is 5.56 Å². The third-order valence-corrected chi connectivity index (χ3v) is 4.11. The van der Waals surface area contributed by atoms with E-state index in [1.165, 1.54) is 0 Å². The Morgan fingerprint density at radius 1 is 1.38 bits per heavy atom. The number of nitrogens with zero attached hydrogens (tertiary/aromatic N) is 2. The summed E-state index contributed by atoms with van der Waals surface area (Å²) in [5.74, 6) is -0.00254. The summed E-state index contributed by atoms with van der Waals surface area (Å²) in [6.07, 6.45) is 0. The molecule has 2 aromatic carbocycles. The maximum Gasteiger partial charge on any atom is 0.315 e. The van der Waals surface area contributed by atoms with Gasteiger partial charge in [0.1, 0.15) is 5.82 Å². The number of aromatic amines is 1. The van der Waals surface area contributed by atoms with E-state index in [1.54, 1.807) is 13.0 Å². The highest BCUT2D eigenvalue weighted by Gasteiger charge is 2.25. The standard InChI is InChI=1S/C14H10BrN3O3/c1-7-9(15)6-8(13(19)12(7)18(20)21)14-16-10-4-2-3-5-11(10)17-14/h2-6,19H,1H3,(H,16,17). The number of H-pyrrole nitrogens is 1. The first-order valence-electron chi connectivity index (χ1n) is 6.10. The number of fused-ring (bicyclic) bond motifs is 1. The number of hydrogen-bond donors (Lipinski definition) is 2. The normalized spacial score (nSPS) is 11.0. The van der Waals surface area contributed by atoms with E-state index in [-0.39, 0.29) is 17.0 Å².